The minimum atomic E-state index is 0.713. The zero-order valence-corrected chi connectivity index (χ0v) is 12.0. The summed E-state index contributed by atoms with van der Waals surface area (Å²) in [6.45, 7) is 0.713. The molecule has 0 aliphatic rings. The van der Waals surface area contributed by atoms with Crippen molar-refractivity contribution >= 4 is 40.0 Å². The molecular weight excluding hydrogens is 266 g/mol. The molecule has 3 N–H and O–H groups in total. The Morgan fingerprint density at radius 1 is 1.33 bits per heavy atom. The fourth-order valence-electron chi connectivity index (χ4n) is 1.71. The minimum Gasteiger partial charge on any atom is -0.398 e. The van der Waals surface area contributed by atoms with Crippen LogP contribution < -0.4 is 16.0 Å². The second-order valence-corrected chi connectivity index (χ2v) is 5.65. The molecule has 5 heteroatoms. The van der Waals surface area contributed by atoms with Crippen LogP contribution in [0.15, 0.2) is 29.6 Å². The third kappa shape index (κ3) is 2.89. The van der Waals surface area contributed by atoms with Crippen LogP contribution in [0.5, 0.6) is 0 Å². The summed E-state index contributed by atoms with van der Waals surface area (Å²) in [4.78, 5) is 3.19. The fraction of sp³-hybridized carbons (Fsp3) is 0.231. The molecule has 0 aliphatic carbocycles. The van der Waals surface area contributed by atoms with E-state index < -0.39 is 0 Å². The molecule has 1 aromatic carbocycles. The van der Waals surface area contributed by atoms with Crippen LogP contribution in [-0.4, -0.2) is 14.1 Å². The lowest BCUT2D eigenvalue weighted by atomic mass is 10.2. The molecule has 0 atom stereocenters. The Hall–Kier alpha value is -1.39. The van der Waals surface area contributed by atoms with Gasteiger partial charge in [-0.2, -0.15) is 0 Å². The van der Waals surface area contributed by atoms with Crippen molar-refractivity contribution in [2.24, 2.45) is 0 Å². The minimum absolute atomic E-state index is 0.713. The van der Waals surface area contributed by atoms with Crippen LogP contribution >= 0.6 is 22.9 Å². The Morgan fingerprint density at radius 3 is 2.72 bits per heavy atom. The number of hydrogen-bond acceptors (Lipinski definition) is 4. The number of anilines is 3. The van der Waals surface area contributed by atoms with Crippen molar-refractivity contribution in [2.45, 2.75) is 6.54 Å². The van der Waals surface area contributed by atoms with Crippen LogP contribution in [0.1, 0.15) is 4.88 Å². The predicted molar refractivity (Wildman–Crippen MR) is 81.8 cm³/mol. The largest absolute Gasteiger partial charge is 0.398 e. The van der Waals surface area contributed by atoms with Crippen molar-refractivity contribution in [3.8, 4) is 0 Å². The predicted octanol–water partition coefficient (Wildman–Crippen LogP) is 3.66. The average Bonchev–Trinajstić information content (AvgIpc) is 2.72. The highest BCUT2D eigenvalue weighted by molar-refractivity contribution is 7.10. The van der Waals surface area contributed by atoms with Gasteiger partial charge in [-0.05, 0) is 29.6 Å². The highest BCUT2D eigenvalue weighted by Crippen LogP contribution is 2.29. The van der Waals surface area contributed by atoms with Gasteiger partial charge in [0.15, 0.2) is 0 Å². The summed E-state index contributed by atoms with van der Waals surface area (Å²) in [6, 6.07) is 7.75. The van der Waals surface area contributed by atoms with E-state index in [0.717, 1.165) is 27.0 Å². The summed E-state index contributed by atoms with van der Waals surface area (Å²) in [6.07, 6.45) is 0. The van der Waals surface area contributed by atoms with Crippen molar-refractivity contribution in [1.29, 1.82) is 0 Å². The van der Waals surface area contributed by atoms with Crippen molar-refractivity contribution in [1.82, 2.24) is 0 Å². The lowest BCUT2D eigenvalue weighted by Crippen LogP contribution is -2.12. The van der Waals surface area contributed by atoms with E-state index in [0.29, 0.717) is 6.54 Å². The first-order valence-electron chi connectivity index (χ1n) is 5.60. The molecule has 1 heterocycles. The van der Waals surface area contributed by atoms with E-state index >= 15 is 0 Å². The summed E-state index contributed by atoms with van der Waals surface area (Å²) in [5.41, 5.74) is 8.82. The first-order valence-corrected chi connectivity index (χ1v) is 6.86. The summed E-state index contributed by atoms with van der Waals surface area (Å²) >= 11 is 7.69. The van der Waals surface area contributed by atoms with Gasteiger partial charge in [0.25, 0.3) is 0 Å². The van der Waals surface area contributed by atoms with E-state index in [1.54, 1.807) is 11.3 Å². The highest BCUT2D eigenvalue weighted by Gasteiger charge is 2.06. The van der Waals surface area contributed by atoms with Crippen molar-refractivity contribution in [3.63, 3.8) is 0 Å². The summed E-state index contributed by atoms with van der Waals surface area (Å²) in [5.74, 6) is 0. The van der Waals surface area contributed by atoms with Crippen LogP contribution in [0.25, 0.3) is 0 Å². The molecule has 2 rings (SSSR count). The molecule has 0 amide bonds. The standard InChI is InChI=1S/C13H16ClN3S/c1-17(2)12-4-3-9(14)7-11(12)16-8-13-10(15)5-6-18-13/h3-7,16H,8,15H2,1-2H3. The molecule has 3 nitrogen and oxygen atoms in total. The number of nitrogens with zero attached hydrogens (tertiary/aromatic N) is 1. The second kappa shape index (κ2) is 5.50. The number of nitrogens with two attached hydrogens (primary N) is 1. The number of halogens is 1. The molecule has 0 spiro atoms. The first kappa shape index (κ1) is 13.1. The van der Waals surface area contributed by atoms with Gasteiger partial charge in [-0.1, -0.05) is 11.6 Å². The lowest BCUT2D eigenvalue weighted by Gasteiger charge is -2.18. The topological polar surface area (TPSA) is 41.3 Å². The van der Waals surface area contributed by atoms with E-state index in [1.807, 2.05) is 43.7 Å². The number of nitrogens with one attached hydrogen (secondary N) is 1. The molecule has 18 heavy (non-hydrogen) atoms. The van der Waals surface area contributed by atoms with Crippen LogP contribution in [-0.2, 0) is 6.54 Å². The van der Waals surface area contributed by atoms with E-state index in [2.05, 4.69) is 10.2 Å². The molecule has 0 saturated heterocycles. The third-order valence-electron chi connectivity index (χ3n) is 2.66. The van der Waals surface area contributed by atoms with Gasteiger partial charge in [0.1, 0.15) is 0 Å². The fourth-order valence-corrected chi connectivity index (χ4v) is 2.62. The Kier molecular flexibility index (Phi) is 3.99. The summed E-state index contributed by atoms with van der Waals surface area (Å²) in [5, 5.41) is 6.10. The molecule has 0 unspecified atom stereocenters. The van der Waals surface area contributed by atoms with Crippen LogP contribution in [0, 0.1) is 0 Å². The molecular formula is C13H16ClN3S. The molecule has 1 aromatic heterocycles. The van der Waals surface area contributed by atoms with Crippen LogP contribution in [0.3, 0.4) is 0 Å². The van der Waals surface area contributed by atoms with Gasteiger partial charge in [-0.15, -0.1) is 11.3 Å². The van der Waals surface area contributed by atoms with Gasteiger partial charge in [0.2, 0.25) is 0 Å². The van der Waals surface area contributed by atoms with Gasteiger partial charge >= 0.3 is 0 Å². The second-order valence-electron chi connectivity index (χ2n) is 4.21. The maximum absolute atomic E-state index is 6.03. The van der Waals surface area contributed by atoms with Crippen molar-refractivity contribution in [3.05, 3.63) is 39.5 Å². The number of benzene rings is 1. The van der Waals surface area contributed by atoms with Gasteiger partial charge in [-0.25, -0.2) is 0 Å². The normalized spacial score (nSPS) is 10.4. The Morgan fingerprint density at radius 2 is 2.11 bits per heavy atom. The van der Waals surface area contributed by atoms with E-state index in [4.69, 9.17) is 17.3 Å². The number of thiophene rings is 1. The van der Waals surface area contributed by atoms with Gasteiger partial charge in [-0.3, -0.25) is 0 Å². The molecule has 0 radical (unpaired) electrons. The lowest BCUT2D eigenvalue weighted by molar-refractivity contribution is 1.11. The van der Waals surface area contributed by atoms with Gasteiger partial charge < -0.3 is 16.0 Å². The maximum atomic E-state index is 6.03. The average molecular weight is 282 g/mol. The zero-order chi connectivity index (χ0) is 13.1. The van der Waals surface area contributed by atoms with Crippen molar-refractivity contribution in [2.75, 3.05) is 30.0 Å². The van der Waals surface area contributed by atoms with Crippen molar-refractivity contribution < 1.29 is 0 Å². The Balaban J connectivity index is 2.18. The molecule has 0 fully saturated rings. The number of rotatable bonds is 4. The van der Waals surface area contributed by atoms with Crippen LogP contribution in [0.4, 0.5) is 17.1 Å². The van der Waals surface area contributed by atoms with Gasteiger partial charge in [0.05, 0.1) is 17.9 Å². The molecule has 0 bridgehead atoms. The van der Waals surface area contributed by atoms with E-state index in [1.165, 1.54) is 0 Å². The molecule has 0 aliphatic heterocycles. The third-order valence-corrected chi connectivity index (χ3v) is 3.83. The molecule has 2 aromatic rings. The molecule has 0 saturated carbocycles. The quantitative estimate of drug-likeness (QED) is 0.899. The van der Waals surface area contributed by atoms with Gasteiger partial charge in [0, 0.05) is 29.7 Å². The monoisotopic (exact) mass is 281 g/mol. The van der Waals surface area contributed by atoms with E-state index in [-0.39, 0.29) is 0 Å². The number of hydrogen-bond donors (Lipinski definition) is 2. The molecule has 96 valence electrons. The Bertz CT molecular complexity index is 537. The Labute approximate surface area is 116 Å². The van der Waals surface area contributed by atoms with E-state index in [9.17, 15) is 0 Å². The van der Waals surface area contributed by atoms with Crippen LogP contribution in [0.2, 0.25) is 5.02 Å². The number of nitrogen functional groups attached to an aromatic ring is 1. The zero-order valence-electron chi connectivity index (χ0n) is 10.4. The highest BCUT2D eigenvalue weighted by atomic mass is 35.5. The SMILES string of the molecule is CN(C)c1ccc(Cl)cc1NCc1sccc1N. The summed E-state index contributed by atoms with van der Waals surface area (Å²) < 4.78 is 0. The first-order chi connectivity index (χ1) is 8.58. The summed E-state index contributed by atoms with van der Waals surface area (Å²) in [7, 11) is 4.02. The smallest absolute Gasteiger partial charge is 0.0597 e. The maximum Gasteiger partial charge on any atom is 0.0597 e.